The lowest BCUT2D eigenvalue weighted by molar-refractivity contribution is 0.207. The lowest BCUT2D eigenvalue weighted by Gasteiger charge is -2.21. The van der Waals surface area contributed by atoms with Crippen molar-refractivity contribution in [3.63, 3.8) is 0 Å². The molecule has 0 aliphatic carbocycles. The third-order valence-electron chi connectivity index (χ3n) is 2.70. The first-order valence-corrected chi connectivity index (χ1v) is 5.75. The zero-order chi connectivity index (χ0) is 12.8. The lowest BCUT2D eigenvalue weighted by Crippen LogP contribution is -2.24. The number of hydrogen-bond acceptors (Lipinski definition) is 3. The van der Waals surface area contributed by atoms with Gasteiger partial charge in [0.1, 0.15) is 0 Å². The van der Waals surface area contributed by atoms with Crippen molar-refractivity contribution >= 4 is 5.69 Å². The highest BCUT2D eigenvalue weighted by Crippen LogP contribution is 2.22. The molecule has 2 aromatic carbocycles. The van der Waals surface area contributed by atoms with Crippen molar-refractivity contribution in [3.05, 3.63) is 66.2 Å². The van der Waals surface area contributed by atoms with Crippen molar-refractivity contribution in [1.29, 1.82) is 5.26 Å². The van der Waals surface area contributed by atoms with Gasteiger partial charge in [-0.25, -0.2) is 0 Å². The van der Waals surface area contributed by atoms with Crippen LogP contribution in [-0.2, 0) is 0 Å². The Hall–Kier alpha value is -2.31. The van der Waals surface area contributed by atoms with Crippen LogP contribution in [0.5, 0.6) is 0 Å². The molecular formula is C15H14N2O. The molecule has 0 saturated carbocycles. The smallest absolute Gasteiger partial charge is 0.164 e. The Morgan fingerprint density at radius 3 is 2.06 bits per heavy atom. The molecule has 2 aromatic rings. The molecule has 2 rings (SSSR count). The summed E-state index contributed by atoms with van der Waals surface area (Å²) in [5.41, 5.74) is 1.76. The second-order valence-electron chi connectivity index (χ2n) is 3.97. The second kappa shape index (κ2) is 5.85. The quantitative estimate of drug-likeness (QED) is 0.805. The largest absolute Gasteiger partial charge is 0.376 e. The van der Waals surface area contributed by atoms with Crippen LogP contribution >= 0.6 is 0 Å². The van der Waals surface area contributed by atoms with Gasteiger partial charge in [0.2, 0.25) is 0 Å². The van der Waals surface area contributed by atoms with E-state index in [4.69, 9.17) is 5.26 Å². The van der Waals surface area contributed by atoms with Crippen molar-refractivity contribution in [2.24, 2.45) is 0 Å². The summed E-state index contributed by atoms with van der Waals surface area (Å²) in [4.78, 5) is 0. The van der Waals surface area contributed by atoms with Crippen LogP contribution in [0.15, 0.2) is 60.7 Å². The van der Waals surface area contributed by atoms with Gasteiger partial charge < -0.3 is 10.4 Å². The predicted molar refractivity (Wildman–Crippen MR) is 70.9 cm³/mol. The topological polar surface area (TPSA) is 56.0 Å². The van der Waals surface area contributed by atoms with Crippen LogP contribution in [0.1, 0.15) is 11.6 Å². The number of nitriles is 1. The van der Waals surface area contributed by atoms with Crippen LogP contribution in [-0.4, -0.2) is 11.2 Å². The van der Waals surface area contributed by atoms with Gasteiger partial charge in [-0.3, -0.25) is 0 Å². The van der Waals surface area contributed by atoms with Gasteiger partial charge >= 0.3 is 0 Å². The van der Waals surface area contributed by atoms with Crippen LogP contribution in [0.2, 0.25) is 0 Å². The zero-order valence-corrected chi connectivity index (χ0v) is 9.82. The highest BCUT2D eigenvalue weighted by atomic mass is 16.3. The van der Waals surface area contributed by atoms with Gasteiger partial charge in [-0.15, -0.1) is 0 Å². The molecule has 0 unspecified atom stereocenters. The first-order valence-electron chi connectivity index (χ1n) is 5.75. The molecule has 0 aliphatic rings. The summed E-state index contributed by atoms with van der Waals surface area (Å²) in [6.45, 7) is 0. The number of nitrogens with one attached hydrogen (secondary N) is 1. The van der Waals surface area contributed by atoms with E-state index < -0.39 is 12.1 Å². The molecule has 0 amide bonds. The number of anilines is 1. The molecule has 0 saturated heterocycles. The van der Waals surface area contributed by atoms with E-state index >= 15 is 0 Å². The van der Waals surface area contributed by atoms with Crippen LogP contribution < -0.4 is 5.32 Å². The summed E-state index contributed by atoms with van der Waals surface area (Å²) >= 11 is 0. The molecule has 0 fully saturated rings. The maximum atomic E-state index is 9.81. The molecule has 0 bridgehead atoms. The third kappa shape index (κ3) is 2.88. The fraction of sp³-hybridized carbons (Fsp3) is 0.133. The first kappa shape index (κ1) is 12.2. The van der Waals surface area contributed by atoms with Crippen molar-refractivity contribution in [2.75, 3.05) is 5.32 Å². The minimum absolute atomic E-state index is 0.432. The molecule has 2 atom stereocenters. The Kier molecular flexibility index (Phi) is 3.95. The van der Waals surface area contributed by atoms with Crippen LogP contribution in [0.4, 0.5) is 5.69 Å². The summed E-state index contributed by atoms with van der Waals surface area (Å²) < 4.78 is 0. The van der Waals surface area contributed by atoms with Gasteiger partial charge in [0.15, 0.2) is 6.10 Å². The lowest BCUT2D eigenvalue weighted by atomic mass is 10.0. The Bertz CT molecular complexity index is 519. The SMILES string of the molecule is N#C[C@@H](O)[C@@H](Nc1ccccc1)c1ccccc1. The first-order chi connectivity index (χ1) is 8.81. The second-order valence-corrected chi connectivity index (χ2v) is 3.97. The summed E-state index contributed by atoms with van der Waals surface area (Å²) in [5, 5.41) is 21.9. The summed E-state index contributed by atoms with van der Waals surface area (Å²) in [6, 6.07) is 20.4. The monoisotopic (exact) mass is 238 g/mol. The average molecular weight is 238 g/mol. The third-order valence-corrected chi connectivity index (χ3v) is 2.70. The molecule has 0 aromatic heterocycles. The van der Waals surface area contributed by atoms with E-state index in [1.54, 1.807) is 0 Å². The van der Waals surface area contributed by atoms with Gasteiger partial charge in [0.25, 0.3) is 0 Å². The van der Waals surface area contributed by atoms with E-state index in [1.165, 1.54) is 0 Å². The Balaban J connectivity index is 2.25. The van der Waals surface area contributed by atoms with E-state index in [2.05, 4.69) is 5.32 Å². The minimum atomic E-state index is -1.09. The molecule has 90 valence electrons. The predicted octanol–water partition coefficient (Wildman–Crippen LogP) is 2.72. The van der Waals surface area contributed by atoms with Gasteiger partial charge in [-0.05, 0) is 17.7 Å². The van der Waals surface area contributed by atoms with Gasteiger partial charge in [0.05, 0.1) is 12.1 Å². The van der Waals surface area contributed by atoms with Gasteiger partial charge in [-0.2, -0.15) is 5.26 Å². The molecule has 0 radical (unpaired) electrons. The summed E-state index contributed by atoms with van der Waals surface area (Å²) in [6.07, 6.45) is -1.09. The minimum Gasteiger partial charge on any atom is -0.376 e. The summed E-state index contributed by atoms with van der Waals surface area (Å²) in [7, 11) is 0. The number of hydrogen-bond donors (Lipinski definition) is 2. The van der Waals surface area contributed by atoms with E-state index in [0.717, 1.165) is 11.3 Å². The molecule has 3 heteroatoms. The van der Waals surface area contributed by atoms with Gasteiger partial charge in [-0.1, -0.05) is 48.5 Å². The normalized spacial score (nSPS) is 13.3. The summed E-state index contributed by atoms with van der Waals surface area (Å²) in [5.74, 6) is 0. The Morgan fingerprint density at radius 1 is 0.944 bits per heavy atom. The fourth-order valence-corrected chi connectivity index (χ4v) is 1.79. The molecule has 0 aliphatic heterocycles. The van der Waals surface area contributed by atoms with Crippen molar-refractivity contribution < 1.29 is 5.11 Å². The maximum absolute atomic E-state index is 9.81. The number of para-hydroxylation sites is 1. The number of benzene rings is 2. The van der Waals surface area contributed by atoms with E-state index in [-0.39, 0.29) is 0 Å². The number of rotatable bonds is 4. The van der Waals surface area contributed by atoms with Gasteiger partial charge in [0, 0.05) is 5.69 Å². The molecule has 3 nitrogen and oxygen atoms in total. The van der Waals surface area contributed by atoms with Crippen LogP contribution in [0.25, 0.3) is 0 Å². The molecule has 0 heterocycles. The number of aliphatic hydroxyl groups excluding tert-OH is 1. The Morgan fingerprint density at radius 2 is 1.50 bits per heavy atom. The molecule has 18 heavy (non-hydrogen) atoms. The van der Waals surface area contributed by atoms with Crippen molar-refractivity contribution in [1.82, 2.24) is 0 Å². The Labute approximate surface area is 106 Å². The standard InChI is InChI=1S/C15H14N2O/c16-11-14(18)15(12-7-3-1-4-8-12)17-13-9-5-2-6-10-13/h1-10,14-15,17-18H/t14-,15+/m1/s1. The number of nitrogens with zero attached hydrogens (tertiary/aromatic N) is 1. The molecular weight excluding hydrogens is 224 g/mol. The average Bonchev–Trinajstić information content (AvgIpc) is 2.46. The van der Waals surface area contributed by atoms with E-state index in [9.17, 15) is 5.11 Å². The fourth-order valence-electron chi connectivity index (χ4n) is 1.79. The highest BCUT2D eigenvalue weighted by molar-refractivity contribution is 5.46. The highest BCUT2D eigenvalue weighted by Gasteiger charge is 2.20. The van der Waals surface area contributed by atoms with Crippen LogP contribution in [0.3, 0.4) is 0 Å². The van der Waals surface area contributed by atoms with Crippen LogP contribution in [0, 0.1) is 11.3 Å². The number of aliphatic hydroxyl groups is 1. The van der Waals surface area contributed by atoms with E-state index in [1.807, 2.05) is 66.7 Å². The molecule has 2 N–H and O–H groups in total. The van der Waals surface area contributed by atoms with Crippen molar-refractivity contribution in [2.45, 2.75) is 12.1 Å². The molecule has 0 spiro atoms. The maximum Gasteiger partial charge on any atom is 0.164 e. The van der Waals surface area contributed by atoms with E-state index in [0.29, 0.717) is 0 Å². The zero-order valence-electron chi connectivity index (χ0n) is 9.82. The van der Waals surface area contributed by atoms with Crippen molar-refractivity contribution in [3.8, 4) is 6.07 Å².